The number of thiophene rings is 1. The van der Waals surface area contributed by atoms with Crippen LogP contribution in [-0.2, 0) is 6.18 Å². The van der Waals surface area contributed by atoms with Gasteiger partial charge in [0.05, 0.1) is 11.6 Å². The fourth-order valence-corrected chi connectivity index (χ4v) is 3.52. The monoisotopic (exact) mass is 383 g/mol. The highest BCUT2D eigenvalue weighted by Gasteiger charge is 2.30. The van der Waals surface area contributed by atoms with E-state index in [1.165, 1.54) is 23.5 Å². The van der Waals surface area contributed by atoms with Crippen molar-refractivity contribution in [3.8, 4) is 10.6 Å². The smallest absolute Gasteiger partial charge is 0.342 e. The van der Waals surface area contributed by atoms with Crippen LogP contribution in [0.25, 0.3) is 10.6 Å². The molecular weight excluding hydrogens is 371 g/mol. The summed E-state index contributed by atoms with van der Waals surface area (Å²) in [7, 11) is 0. The van der Waals surface area contributed by atoms with Gasteiger partial charge in [0.1, 0.15) is 5.01 Å². The van der Waals surface area contributed by atoms with Gasteiger partial charge in [-0.15, -0.1) is 11.3 Å². The molecule has 4 nitrogen and oxygen atoms in total. The van der Waals surface area contributed by atoms with E-state index in [1.807, 2.05) is 24.4 Å². The Morgan fingerprint density at radius 1 is 1.24 bits per heavy atom. The van der Waals surface area contributed by atoms with Gasteiger partial charge < -0.3 is 5.32 Å². The van der Waals surface area contributed by atoms with Crippen molar-refractivity contribution >= 4 is 28.8 Å². The first-order chi connectivity index (χ1) is 11.8. The van der Waals surface area contributed by atoms with Crippen LogP contribution >= 0.6 is 22.9 Å². The maximum atomic E-state index is 12.8. The SMILES string of the molecule is C[C@H](NC(=O)c1nsc(-c2cccc(C(F)(F)F)c2)n1)c1cccs1. The number of rotatable bonds is 4. The standard InChI is InChI=1S/C16H12F3N3OS2/c1-9(12-6-3-7-24-12)20-14(23)13-21-15(25-22-13)10-4-2-5-11(8-10)16(17,18)19/h2-9H,1H3,(H,20,23)/t9-/m0/s1. The van der Waals surface area contributed by atoms with E-state index in [0.29, 0.717) is 0 Å². The highest BCUT2D eigenvalue weighted by Crippen LogP contribution is 2.32. The van der Waals surface area contributed by atoms with Crippen molar-refractivity contribution < 1.29 is 18.0 Å². The summed E-state index contributed by atoms with van der Waals surface area (Å²) in [5.41, 5.74) is -0.491. The molecule has 0 saturated carbocycles. The van der Waals surface area contributed by atoms with Crippen molar-refractivity contribution in [3.05, 3.63) is 58.0 Å². The molecule has 130 valence electrons. The molecule has 0 bridgehead atoms. The first-order valence-corrected chi connectivity index (χ1v) is 8.85. The molecule has 0 saturated heterocycles. The number of amides is 1. The second-order valence-corrected chi connectivity index (χ2v) is 6.94. The molecule has 1 atom stereocenters. The molecule has 1 aromatic carbocycles. The van der Waals surface area contributed by atoms with E-state index in [4.69, 9.17) is 0 Å². The van der Waals surface area contributed by atoms with Gasteiger partial charge in [0, 0.05) is 10.4 Å². The predicted molar refractivity (Wildman–Crippen MR) is 90.5 cm³/mol. The fraction of sp³-hybridized carbons (Fsp3) is 0.188. The van der Waals surface area contributed by atoms with Gasteiger partial charge in [0.15, 0.2) is 0 Å². The Morgan fingerprint density at radius 2 is 2.04 bits per heavy atom. The fourth-order valence-electron chi connectivity index (χ4n) is 2.13. The first kappa shape index (κ1) is 17.6. The van der Waals surface area contributed by atoms with Gasteiger partial charge in [0.25, 0.3) is 5.91 Å². The van der Waals surface area contributed by atoms with Crippen molar-refractivity contribution in [2.45, 2.75) is 19.1 Å². The minimum absolute atomic E-state index is 0.0548. The lowest BCUT2D eigenvalue weighted by Crippen LogP contribution is -2.27. The van der Waals surface area contributed by atoms with Crippen LogP contribution in [0.4, 0.5) is 13.2 Å². The van der Waals surface area contributed by atoms with E-state index in [2.05, 4.69) is 14.7 Å². The average Bonchev–Trinajstić information content (AvgIpc) is 3.26. The molecular formula is C16H12F3N3OS2. The minimum atomic E-state index is -4.43. The lowest BCUT2D eigenvalue weighted by molar-refractivity contribution is -0.137. The number of hydrogen-bond acceptors (Lipinski definition) is 5. The zero-order chi connectivity index (χ0) is 18.0. The minimum Gasteiger partial charge on any atom is -0.342 e. The van der Waals surface area contributed by atoms with Gasteiger partial charge in [-0.25, -0.2) is 4.98 Å². The Hall–Kier alpha value is -2.26. The Kier molecular flexibility index (Phi) is 4.87. The molecule has 0 unspecified atom stereocenters. The second-order valence-electron chi connectivity index (χ2n) is 5.21. The highest BCUT2D eigenvalue weighted by molar-refractivity contribution is 7.10. The van der Waals surface area contributed by atoms with Crippen molar-refractivity contribution in [1.82, 2.24) is 14.7 Å². The third-order valence-corrected chi connectivity index (χ3v) is 5.20. The van der Waals surface area contributed by atoms with E-state index in [1.54, 1.807) is 0 Å². The third-order valence-electron chi connectivity index (χ3n) is 3.38. The molecule has 0 spiro atoms. The van der Waals surface area contributed by atoms with Crippen LogP contribution in [0, 0.1) is 0 Å². The summed E-state index contributed by atoms with van der Waals surface area (Å²) < 4.78 is 42.4. The number of halogens is 3. The van der Waals surface area contributed by atoms with Crippen LogP contribution in [0.2, 0.25) is 0 Å². The van der Waals surface area contributed by atoms with Gasteiger partial charge in [-0.1, -0.05) is 18.2 Å². The molecule has 0 fully saturated rings. The summed E-state index contributed by atoms with van der Waals surface area (Å²) in [5, 5.41) is 4.94. The Balaban J connectivity index is 1.77. The lowest BCUT2D eigenvalue weighted by Gasteiger charge is -2.10. The van der Waals surface area contributed by atoms with Gasteiger partial charge in [-0.3, -0.25) is 4.79 Å². The van der Waals surface area contributed by atoms with E-state index in [0.717, 1.165) is 28.5 Å². The van der Waals surface area contributed by atoms with E-state index in [-0.39, 0.29) is 22.4 Å². The second kappa shape index (κ2) is 6.93. The average molecular weight is 383 g/mol. The number of hydrogen-bond donors (Lipinski definition) is 1. The maximum absolute atomic E-state index is 12.8. The Bertz CT molecular complexity index is 875. The summed E-state index contributed by atoms with van der Waals surface area (Å²) >= 11 is 2.40. The van der Waals surface area contributed by atoms with Crippen LogP contribution < -0.4 is 5.32 Å². The number of alkyl halides is 3. The number of carbonyl (C=O) groups is 1. The molecule has 0 aliphatic rings. The summed E-state index contributed by atoms with van der Waals surface area (Å²) in [4.78, 5) is 17.3. The van der Waals surface area contributed by atoms with Crippen LogP contribution in [0.5, 0.6) is 0 Å². The predicted octanol–water partition coefficient (Wildman–Crippen LogP) is 4.78. The zero-order valence-electron chi connectivity index (χ0n) is 12.9. The molecule has 2 heterocycles. The molecule has 0 radical (unpaired) electrons. The Labute approximate surface area is 149 Å². The maximum Gasteiger partial charge on any atom is 0.416 e. The van der Waals surface area contributed by atoms with Crippen molar-refractivity contribution in [3.63, 3.8) is 0 Å². The molecule has 0 aliphatic heterocycles. The number of carbonyl (C=O) groups excluding carboxylic acids is 1. The summed E-state index contributed by atoms with van der Waals surface area (Å²) in [6, 6.07) is 8.38. The van der Waals surface area contributed by atoms with E-state index < -0.39 is 17.6 Å². The van der Waals surface area contributed by atoms with Gasteiger partial charge in [0.2, 0.25) is 5.82 Å². The van der Waals surface area contributed by atoms with Crippen LogP contribution in [0.3, 0.4) is 0 Å². The molecule has 25 heavy (non-hydrogen) atoms. The van der Waals surface area contributed by atoms with Gasteiger partial charge in [-0.2, -0.15) is 17.5 Å². The van der Waals surface area contributed by atoms with Gasteiger partial charge >= 0.3 is 6.18 Å². The van der Waals surface area contributed by atoms with Crippen molar-refractivity contribution in [1.29, 1.82) is 0 Å². The third kappa shape index (κ3) is 4.05. The topological polar surface area (TPSA) is 54.9 Å². The molecule has 1 N–H and O–H groups in total. The summed E-state index contributed by atoms with van der Waals surface area (Å²) in [6.07, 6.45) is -4.43. The first-order valence-electron chi connectivity index (χ1n) is 7.20. The largest absolute Gasteiger partial charge is 0.416 e. The Morgan fingerprint density at radius 3 is 2.72 bits per heavy atom. The van der Waals surface area contributed by atoms with E-state index in [9.17, 15) is 18.0 Å². The molecule has 9 heteroatoms. The quantitative estimate of drug-likeness (QED) is 0.706. The van der Waals surface area contributed by atoms with Crippen molar-refractivity contribution in [2.75, 3.05) is 0 Å². The normalized spacial score (nSPS) is 12.8. The zero-order valence-corrected chi connectivity index (χ0v) is 14.5. The molecule has 0 aliphatic carbocycles. The molecule has 3 rings (SSSR count). The van der Waals surface area contributed by atoms with E-state index >= 15 is 0 Å². The van der Waals surface area contributed by atoms with Crippen LogP contribution in [0.15, 0.2) is 41.8 Å². The van der Waals surface area contributed by atoms with Crippen molar-refractivity contribution in [2.24, 2.45) is 0 Å². The number of nitrogens with zero attached hydrogens (tertiary/aromatic N) is 2. The lowest BCUT2D eigenvalue weighted by atomic mass is 10.1. The van der Waals surface area contributed by atoms with Crippen LogP contribution in [0.1, 0.15) is 34.0 Å². The highest BCUT2D eigenvalue weighted by atomic mass is 32.1. The van der Waals surface area contributed by atoms with Gasteiger partial charge in [-0.05, 0) is 42.0 Å². The number of benzene rings is 1. The number of nitrogens with one attached hydrogen (secondary N) is 1. The molecule has 2 aromatic heterocycles. The van der Waals surface area contributed by atoms with Crippen LogP contribution in [-0.4, -0.2) is 15.3 Å². The number of aromatic nitrogens is 2. The molecule has 1 amide bonds. The summed E-state index contributed by atoms with van der Waals surface area (Å²) in [5.74, 6) is -0.517. The summed E-state index contributed by atoms with van der Waals surface area (Å²) in [6.45, 7) is 1.84. The molecule has 3 aromatic rings.